The molecule has 5 heteroatoms. The number of carboxylic acid groups (broad SMARTS) is 1. The summed E-state index contributed by atoms with van der Waals surface area (Å²) in [6, 6.07) is 0. The molecule has 0 aromatic heterocycles. The fourth-order valence-corrected chi connectivity index (χ4v) is 0. The van der Waals surface area contributed by atoms with Crippen molar-refractivity contribution in [3.8, 4) is 0 Å². The van der Waals surface area contributed by atoms with E-state index in [2.05, 4.69) is 0 Å². The summed E-state index contributed by atoms with van der Waals surface area (Å²) in [5.74, 6) is -1.08. The topological polar surface area (TPSA) is 74.3 Å². The van der Waals surface area contributed by atoms with Crippen LogP contribution >= 0.6 is 0 Å². The second kappa shape index (κ2) is 33.9. The van der Waals surface area contributed by atoms with Crippen LogP contribution in [0, 0.1) is 0 Å². The Morgan fingerprint density at radius 1 is 1.18 bits per heavy atom. The molecule has 0 saturated heterocycles. The maximum Gasteiger partial charge on any atom is 0.0383 e. The summed E-state index contributed by atoms with van der Waals surface area (Å²) in [6.45, 7) is 3.61. The standard InChI is InChI=1S/C2H4O2.2C2H3O.Pt/c1-2(3)4;2*1-2-3;/h1H3,(H,3,4);2*1H3;/q;2*-1;/p-1. The van der Waals surface area contributed by atoms with Crippen LogP contribution in [0.15, 0.2) is 0 Å². The molecule has 0 aromatic rings. The van der Waals surface area contributed by atoms with E-state index in [1.165, 1.54) is 26.4 Å². The van der Waals surface area contributed by atoms with Gasteiger partial charge in [0.1, 0.15) is 0 Å². The van der Waals surface area contributed by atoms with Crippen LogP contribution in [0.5, 0.6) is 0 Å². The zero-order chi connectivity index (χ0) is 8.99. The molecule has 0 aromatic carbocycles. The van der Waals surface area contributed by atoms with Crippen LogP contribution in [-0.2, 0) is 35.4 Å². The molecule has 0 atom stereocenters. The van der Waals surface area contributed by atoms with Crippen molar-refractivity contribution in [3.05, 3.63) is 0 Å². The van der Waals surface area contributed by atoms with Crippen LogP contribution < -0.4 is 5.11 Å². The van der Waals surface area contributed by atoms with Gasteiger partial charge in [0.2, 0.25) is 0 Å². The Kier molecular flexibility index (Phi) is 69.1. The summed E-state index contributed by atoms with van der Waals surface area (Å²) >= 11 is 0. The summed E-state index contributed by atoms with van der Waals surface area (Å²) in [6.07, 6.45) is 3.00. The van der Waals surface area contributed by atoms with E-state index in [9.17, 15) is 0 Å². The van der Waals surface area contributed by atoms with Gasteiger partial charge in [0, 0.05) is 27.0 Å². The zero-order valence-electron chi connectivity index (χ0n) is 6.45. The number of carboxylic acids is 1. The maximum atomic E-state index is 8.89. The van der Waals surface area contributed by atoms with Crippen LogP contribution in [0.2, 0.25) is 0 Å². The average Bonchev–Trinajstić information content (AvgIpc) is 1.65. The molecular weight excluding hydrogens is 331 g/mol. The van der Waals surface area contributed by atoms with Crippen LogP contribution in [0.25, 0.3) is 0 Å². The number of carbonyl (C=O) groups is 1. The van der Waals surface area contributed by atoms with Crippen LogP contribution in [0.3, 0.4) is 0 Å². The Hall–Kier alpha value is -0.502. The third-order valence-electron chi connectivity index (χ3n) is 0. The Morgan fingerprint density at radius 3 is 1.18 bits per heavy atom. The molecule has 0 rings (SSSR count). The average molecular weight is 340 g/mol. The smallest absolute Gasteiger partial charge is 0.0383 e. The summed E-state index contributed by atoms with van der Waals surface area (Å²) < 4.78 is 0. The predicted octanol–water partition coefficient (Wildman–Crippen LogP) is -1.01. The third kappa shape index (κ3) is 2120. The second-order valence-electron chi connectivity index (χ2n) is 0.900. The fourth-order valence-electron chi connectivity index (χ4n) is 0. The molecule has 0 N–H and O–H groups in total. The van der Waals surface area contributed by atoms with Gasteiger partial charge >= 0.3 is 0 Å². The first-order valence-electron chi connectivity index (χ1n) is 2.32. The maximum absolute atomic E-state index is 8.89. The van der Waals surface area contributed by atoms with Crippen LogP contribution in [0.4, 0.5) is 0 Å². The van der Waals surface area contributed by atoms with E-state index in [0.717, 1.165) is 6.92 Å². The van der Waals surface area contributed by atoms with Gasteiger partial charge in [0.05, 0.1) is 0 Å². The van der Waals surface area contributed by atoms with Gasteiger partial charge in [-0.05, 0) is 6.92 Å². The first-order chi connectivity index (χ1) is 4.56. The van der Waals surface area contributed by atoms with Crippen molar-refractivity contribution in [2.75, 3.05) is 0 Å². The van der Waals surface area contributed by atoms with E-state index in [4.69, 9.17) is 19.5 Å². The molecule has 0 spiro atoms. The monoisotopic (exact) mass is 340 g/mol. The van der Waals surface area contributed by atoms with Gasteiger partial charge in [-0.2, -0.15) is 13.8 Å². The van der Waals surface area contributed by atoms with Crippen LogP contribution in [0.1, 0.15) is 20.8 Å². The molecule has 0 heterocycles. The van der Waals surface area contributed by atoms with E-state index >= 15 is 0 Å². The minimum atomic E-state index is -1.08. The summed E-state index contributed by atoms with van der Waals surface area (Å²) in [5, 5.41) is 8.89. The quantitative estimate of drug-likeness (QED) is 0.530. The number of hydrogen-bond donors (Lipinski definition) is 0. The van der Waals surface area contributed by atoms with Crippen molar-refractivity contribution in [1.82, 2.24) is 0 Å². The van der Waals surface area contributed by atoms with Gasteiger partial charge < -0.3 is 19.5 Å². The summed E-state index contributed by atoms with van der Waals surface area (Å²) in [4.78, 5) is 26.2. The SMILES string of the molecule is CC(=O)[O-].C[C-]=O.C[C-]=O.[Pt]. The number of rotatable bonds is 0. The van der Waals surface area contributed by atoms with Crippen molar-refractivity contribution < 1.29 is 40.6 Å². The Labute approximate surface area is 80.2 Å². The molecule has 0 bridgehead atoms. The number of carbonyl (C=O) groups excluding carboxylic acids is 3. The van der Waals surface area contributed by atoms with Crippen molar-refractivity contribution >= 4 is 18.5 Å². The fraction of sp³-hybridized carbons (Fsp3) is 0.500. The molecule has 4 nitrogen and oxygen atoms in total. The first kappa shape index (κ1) is 22.4. The van der Waals surface area contributed by atoms with E-state index < -0.39 is 5.97 Å². The van der Waals surface area contributed by atoms with E-state index in [-0.39, 0.29) is 21.1 Å². The summed E-state index contributed by atoms with van der Waals surface area (Å²) in [5.41, 5.74) is 0. The molecule has 0 aliphatic carbocycles. The first-order valence-corrected chi connectivity index (χ1v) is 2.32. The molecule has 70 valence electrons. The minimum Gasteiger partial charge on any atom is -0.550 e. The Bertz CT molecular complexity index is 82.6. The molecule has 0 aliphatic rings. The van der Waals surface area contributed by atoms with Crippen molar-refractivity contribution in [1.29, 1.82) is 0 Å². The van der Waals surface area contributed by atoms with E-state index in [1.807, 2.05) is 0 Å². The minimum absolute atomic E-state index is 0. The molecule has 0 aliphatic heterocycles. The normalized spacial score (nSPS) is 4.64. The van der Waals surface area contributed by atoms with Gasteiger partial charge in [-0.25, -0.2) is 0 Å². The molecular formula is C6H9O4Pt-3. The number of hydrogen-bond acceptors (Lipinski definition) is 4. The zero-order valence-corrected chi connectivity index (χ0v) is 8.72. The van der Waals surface area contributed by atoms with Crippen LogP contribution in [-0.4, -0.2) is 18.5 Å². The Balaban J connectivity index is -0.0000000325. The molecule has 0 unspecified atom stereocenters. The number of aliphatic carboxylic acids is 1. The van der Waals surface area contributed by atoms with Gasteiger partial charge in [-0.3, -0.25) is 12.6 Å². The van der Waals surface area contributed by atoms with E-state index in [0.29, 0.717) is 0 Å². The summed E-state index contributed by atoms with van der Waals surface area (Å²) in [7, 11) is 0. The molecule has 0 fully saturated rings. The second-order valence-corrected chi connectivity index (χ2v) is 0.900. The molecule has 0 saturated carbocycles. The Morgan fingerprint density at radius 2 is 1.18 bits per heavy atom. The van der Waals surface area contributed by atoms with Crippen molar-refractivity contribution in [2.45, 2.75) is 20.8 Å². The molecule has 11 heavy (non-hydrogen) atoms. The van der Waals surface area contributed by atoms with Gasteiger partial charge in [-0.15, -0.1) is 0 Å². The van der Waals surface area contributed by atoms with Gasteiger partial charge in [0.15, 0.2) is 0 Å². The van der Waals surface area contributed by atoms with Gasteiger partial charge in [-0.1, -0.05) is 0 Å². The van der Waals surface area contributed by atoms with Crippen molar-refractivity contribution in [3.63, 3.8) is 0 Å². The predicted molar refractivity (Wildman–Crippen MR) is 33.4 cm³/mol. The van der Waals surface area contributed by atoms with Crippen molar-refractivity contribution in [2.24, 2.45) is 0 Å². The van der Waals surface area contributed by atoms with Gasteiger partial charge in [0.25, 0.3) is 0 Å². The molecule has 0 radical (unpaired) electrons. The molecule has 0 amide bonds. The third-order valence-corrected chi connectivity index (χ3v) is 0. The largest absolute Gasteiger partial charge is 0.550 e. The van der Waals surface area contributed by atoms with E-state index in [1.54, 1.807) is 0 Å².